The van der Waals surface area contributed by atoms with Crippen LogP contribution >= 0.6 is 0 Å². The van der Waals surface area contributed by atoms with Crippen molar-refractivity contribution in [3.8, 4) is 0 Å². The van der Waals surface area contributed by atoms with E-state index >= 15 is 0 Å². The second kappa shape index (κ2) is 6.23. The average Bonchev–Trinajstić information content (AvgIpc) is 3.27. The number of hydrogen-bond donors (Lipinski definition) is 0. The number of pyridine rings is 1. The minimum absolute atomic E-state index is 0.0770. The molecule has 3 aromatic rings. The van der Waals surface area contributed by atoms with Crippen molar-refractivity contribution in [2.45, 2.75) is 38.1 Å². The highest BCUT2D eigenvalue weighted by Crippen LogP contribution is 2.38. The van der Waals surface area contributed by atoms with E-state index in [-0.39, 0.29) is 5.91 Å². The Balaban J connectivity index is 1.29. The third kappa shape index (κ3) is 2.87. The summed E-state index contributed by atoms with van der Waals surface area (Å²) in [5.41, 5.74) is 2.67. The zero-order chi connectivity index (χ0) is 17.5. The molecule has 26 heavy (non-hydrogen) atoms. The van der Waals surface area contributed by atoms with Gasteiger partial charge in [0, 0.05) is 37.9 Å². The zero-order valence-corrected chi connectivity index (χ0v) is 14.7. The molecule has 1 aliphatic heterocycles. The van der Waals surface area contributed by atoms with E-state index in [4.69, 9.17) is 0 Å². The Kier molecular flexibility index (Phi) is 3.72. The van der Waals surface area contributed by atoms with E-state index < -0.39 is 0 Å². The molecule has 2 aliphatic rings. The number of aromatic nitrogens is 5. The summed E-state index contributed by atoms with van der Waals surface area (Å²) >= 11 is 0. The Morgan fingerprint density at radius 1 is 1.23 bits per heavy atom. The number of piperidine rings is 1. The monoisotopic (exact) mass is 350 g/mol. The summed E-state index contributed by atoms with van der Waals surface area (Å²) in [7, 11) is 0. The van der Waals surface area contributed by atoms with Crippen LogP contribution in [-0.4, -0.2) is 48.5 Å². The van der Waals surface area contributed by atoms with Crippen LogP contribution in [-0.2, 0) is 6.54 Å². The lowest BCUT2D eigenvalue weighted by molar-refractivity contribution is 0.0661. The Bertz CT molecular complexity index is 940. The van der Waals surface area contributed by atoms with Gasteiger partial charge in [-0.1, -0.05) is 11.3 Å². The minimum atomic E-state index is 0.0770. The fourth-order valence-corrected chi connectivity index (χ4v) is 3.90. The van der Waals surface area contributed by atoms with E-state index in [2.05, 4.69) is 21.6 Å². The molecule has 0 bridgehead atoms. The van der Waals surface area contributed by atoms with Crippen molar-refractivity contribution in [3.63, 3.8) is 0 Å². The number of amides is 1. The van der Waals surface area contributed by atoms with E-state index in [0.717, 1.165) is 43.7 Å². The van der Waals surface area contributed by atoms with E-state index in [9.17, 15) is 4.79 Å². The minimum Gasteiger partial charge on any atom is -0.338 e. The van der Waals surface area contributed by atoms with Gasteiger partial charge in [-0.3, -0.25) is 9.48 Å². The molecule has 1 amide bonds. The van der Waals surface area contributed by atoms with Gasteiger partial charge in [-0.2, -0.15) is 5.10 Å². The highest BCUT2D eigenvalue weighted by molar-refractivity contribution is 6.00. The topological polar surface area (TPSA) is 68.3 Å². The summed E-state index contributed by atoms with van der Waals surface area (Å²) in [6.45, 7) is 2.41. The van der Waals surface area contributed by atoms with Crippen molar-refractivity contribution >= 4 is 11.4 Å². The van der Waals surface area contributed by atoms with Gasteiger partial charge in [-0.15, -0.1) is 5.10 Å². The van der Waals surface area contributed by atoms with Crippen LogP contribution in [0.1, 0.15) is 47.7 Å². The number of hydrogen-bond acceptors (Lipinski definition) is 4. The predicted molar refractivity (Wildman–Crippen MR) is 95.8 cm³/mol. The first-order valence-corrected chi connectivity index (χ1v) is 9.39. The number of nitrogens with zero attached hydrogens (tertiary/aromatic N) is 6. The Hall–Kier alpha value is -2.70. The third-order valence-electron chi connectivity index (χ3n) is 5.46. The van der Waals surface area contributed by atoms with Gasteiger partial charge >= 0.3 is 0 Å². The predicted octanol–water partition coefficient (Wildman–Crippen LogP) is 2.36. The van der Waals surface area contributed by atoms with Crippen LogP contribution < -0.4 is 0 Å². The molecule has 5 rings (SSSR count). The van der Waals surface area contributed by atoms with Crippen LogP contribution in [0.4, 0.5) is 0 Å². The quantitative estimate of drug-likeness (QED) is 0.724. The SMILES string of the molecule is O=C(c1cnn2ccccc12)N1CCCC(Cn2cc(C3CC3)nn2)C1. The molecule has 7 heteroatoms. The molecule has 1 unspecified atom stereocenters. The first-order chi connectivity index (χ1) is 12.8. The van der Waals surface area contributed by atoms with Crippen LogP contribution in [0.3, 0.4) is 0 Å². The van der Waals surface area contributed by atoms with Crippen molar-refractivity contribution in [2.24, 2.45) is 5.92 Å². The van der Waals surface area contributed by atoms with Crippen LogP contribution in [0, 0.1) is 5.92 Å². The van der Waals surface area contributed by atoms with Crippen molar-refractivity contribution in [1.82, 2.24) is 29.5 Å². The van der Waals surface area contributed by atoms with Gasteiger partial charge in [-0.25, -0.2) is 4.52 Å². The van der Waals surface area contributed by atoms with Gasteiger partial charge in [-0.05, 0) is 43.7 Å². The molecule has 1 saturated carbocycles. The smallest absolute Gasteiger partial charge is 0.257 e. The van der Waals surface area contributed by atoms with Gasteiger partial charge in [0.2, 0.25) is 0 Å². The van der Waals surface area contributed by atoms with E-state index in [1.807, 2.05) is 34.0 Å². The van der Waals surface area contributed by atoms with Gasteiger partial charge in [0.15, 0.2) is 0 Å². The van der Waals surface area contributed by atoms with Crippen LogP contribution in [0.2, 0.25) is 0 Å². The maximum absolute atomic E-state index is 13.0. The summed E-state index contributed by atoms with van der Waals surface area (Å²) in [6, 6.07) is 5.80. The van der Waals surface area contributed by atoms with Gasteiger partial charge < -0.3 is 4.90 Å². The van der Waals surface area contributed by atoms with E-state index in [1.54, 1.807) is 10.7 Å². The van der Waals surface area contributed by atoms with Crippen molar-refractivity contribution in [2.75, 3.05) is 13.1 Å². The van der Waals surface area contributed by atoms with Gasteiger partial charge in [0.25, 0.3) is 5.91 Å². The molecule has 7 nitrogen and oxygen atoms in total. The first-order valence-electron chi connectivity index (χ1n) is 9.39. The zero-order valence-electron chi connectivity index (χ0n) is 14.7. The summed E-state index contributed by atoms with van der Waals surface area (Å²) in [5.74, 6) is 1.13. The first kappa shape index (κ1) is 15.5. The Labute approximate surface area is 151 Å². The fraction of sp³-hybridized carbons (Fsp3) is 0.474. The molecule has 1 saturated heterocycles. The summed E-state index contributed by atoms with van der Waals surface area (Å²) in [5, 5.41) is 12.9. The van der Waals surface area contributed by atoms with Crippen LogP contribution in [0.25, 0.3) is 5.52 Å². The molecule has 3 aromatic heterocycles. The Morgan fingerprint density at radius 3 is 3.04 bits per heavy atom. The molecule has 2 fully saturated rings. The largest absolute Gasteiger partial charge is 0.338 e. The molecule has 0 radical (unpaired) electrons. The van der Waals surface area contributed by atoms with Crippen LogP contribution in [0.5, 0.6) is 0 Å². The molecule has 1 aliphatic carbocycles. The number of carbonyl (C=O) groups is 1. The second-order valence-corrected chi connectivity index (χ2v) is 7.49. The Morgan fingerprint density at radius 2 is 2.15 bits per heavy atom. The molecular weight excluding hydrogens is 328 g/mol. The fourth-order valence-electron chi connectivity index (χ4n) is 3.90. The van der Waals surface area contributed by atoms with Crippen LogP contribution in [0.15, 0.2) is 36.8 Å². The number of fused-ring (bicyclic) bond motifs is 1. The molecule has 1 atom stereocenters. The third-order valence-corrected chi connectivity index (χ3v) is 5.46. The lowest BCUT2D eigenvalue weighted by Gasteiger charge is -2.32. The lowest BCUT2D eigenvalue weighted by Crippen LogP contribution is -2.41. The summed E-state index contributed by atoms with van der Waals surface area (Å²) in [4.78, 5) is 15.0. The number of likely N-dealkylation sites (tertiary alicyclic amines) is 1. The van der Waals surface area contributed by atoms with E-state index in [0.29, 0.717) is 17.4 Å². The van der Waals surface area contributed by atoms with Crippen molar-refractivity contribution in [3.05, 3.63) is 48.0 Å². The molecular formula is C19H22N6O. The number of rotatable bonds is 4. The maximum atomic E-state index is 13.0. The molecule has 0 spiro atoms. The standard InChI is InChI=1S/C19H22N6O/c26-19(16-10-20-25-9-2-1-5-18(16)25)23-8-3-4-14(11-23)12-24-13-17(21-22-24)15-6-7-15/h1-2,5,9-10,13-15H,3-4,6-8,11-12H2. The normalized spacial score (nSPS) is 20.6. The molecule has 0 N–H and O–H groups in total. The average molecular weight is 350 g/mol. The second-order valence-electron chi connectivity index (χ2n) is 7.49. The molecule has 0 aromatic carbocycles. The highest BCUT2D eigenvalue weighted by Gasteiger charge is 2.29. The van der Waals surface area contributed by atoms with Crippen molar-refractivity contribution < 1.29 is 4.79 Å². The van der Waals surface area contributed by atoms with Crippen molar-refractivity contribution in [1.29, 1.82) is 0 Å². The summed E-state index contributed by atoms with van der Waals surface area (Å²) in [6.07, 6.45) is 10.3. The molecule has 134 valence electrons. The number of carbonyl (C=O) groups excluding carboxylic acids is 1. The van der Waals surface area contributed by atoms with E-state index in [1.165, 1.54) is 12.8 Å². The van der Waals surface area contributed by atoms with Gasteiger partial charge in [0.05, 0.1) is 23.0 Å². The maximum Gasteiger partial charge on any atom is 0.257 e. The lowest BCUT2D eigenvalue weighted by atomic mass is 9.97. The highest BCUT2D eigenvalue weighted by atomic mass is 16.2. The summed E-state index contributed by atoms with van der Waals surface area (Å²) < 4.78 is 3.71. The molecule has 4 heterocycles. The van der Waals surface area contributed by atoms with Gasteiger partial charge in [0.1, 0.15) is 0 Å².